The maximum Gasteiger partial charge on any atom is 0.340 e. The van der Waals surface area contributed by atoms with Crippen LogP contribution in [0.3, 0.4) is 0 Å². The van der Waals surface area contributed by atoms with Crippen LogP contribution in [0.25, 0.3) is 0 Å². The van der Waals surface area contributed by atoms with Crippen molar-refractivity contribution in [3.8, 4) is 0 Å². The summed E-state index contributed by atoms with van der Waals surface area (Å²) in [6.45, 7) is 0.679. The highest BCUT2D eigenvalue weighted by atomic mass is 19.1. The van der Waals surface area contributed by atoms with E-state index in [2.05, 4.69) is 0 Å². The average Bonchev–Trinajstić information content (AvgIpc) is 2.97. The van der Waals surface area contributed by atoms with Crippen LogP contribution < -0.4 is 0 Å². The predicted molar refractivity (Wildman–Crippen MR) is 77.9 cm³/mol. The van der Waals surface area contributed by atoms with Gasteiger partial charge in [0, 0.05) is 13.7 Å². The predicted octanol–water partition coefficient (Wildman–Crippen LogP) is 3.30. The Morgan fingerprint density at radius 3 is 2.82 bits per heavy atom. The van der Waals surface area contributed by atoms with Gasteiger partial charge in [0.25, 0.3) is 0 Å². The topological polar surface area (TPSA) is 44.8 Å². The Hall–Kier alpha value is -1.46. The molecule has 120 valence electrons. The van der Waals surface area contributed by atoms with Gasteiger partial charge in [-0.15, -0.1) is 0 Å². The zero-order chi connectivity index (χ0) is 15.6. The van der Waals surface area contributed by atoms with Crippen LogP contribution in [0.2, 0.25) is 0 Å². The highest BCUT2D eigenvalue weighted by Gasteiger charge is 2.53. The number of carbonyl (C=O) groups is 1. The SMILES string of the molecule is CO[C@H](OC(=O)c1ccc(F)cc1)[C@]12CCCC[C@@H]1CCO2. The van der Waals surface area contributed by atoms with Gasteiger partial charge in [0.05, 0.1) is 5.56 Å². The second-order valence-electron chi connectivity index (χ2n) is 6.01. The molecule has 0 unspecified atom stereocenters. The first kappa shape index (κ1) is 15.4. The molecule has 2 fully saturated rings. The first-order valence-electron chi connectivity index (χ1n) is 7.79. The number of hydrogen-bond donors (Lipinski definition) is 0. The van der Waals surface area contributed by atoms with Gasteiger partial charge in [-0.3, -0.25) is 0 Å². The van der Waals surface area contributed by atoms with E-state index in [0.717, 1.165) is 25.7 Å². The summed E-state index contributed by atoms with van der Waals surface area (Å²) in [5, 5.41) is 0. The summed E-state index contributed by atoms with van der Waals surface area (Å²) >= 11 is 0. The molecule has 3 rings (SSSR count). The van der Waals surface area contributed by atoms with Crippen molar-refractivity contribution in [2.45, 2.75) is 44.0 Å². The molecule has 0 amide bonds. The van der Waals surface area contributed by atoms with Gasteiger partial charge in [-0.05, 0) is 49.4 Å². The first-order valence-corrected chi connectivity index (χ1v) is 7.79. The van der Waals surface area contributed by atoms with E-state index in [-0.39, 0.29) is 5.82 Å². The van der Waals surface area contributed by atoms with Gasteiger partial charge in [0.1, 0.15) is 11.4 Å². The summed E-state index contributed by atoms with van der Waals surface area (Å²) < 4.78 is 30.0. The molecule has 1 saturated carbocycles. The molecule has 0 spiro atoms. The molecule has 1 aliphatic carbocycles. The molecular formula is C17H21FO4. The number of esters is 1. The summed E-state index contributed by atoms with van der Waals surface area (Å²) in [4.78, 5) is 12.3. The molecule has 0 radical (unpaired) electrons. The fourth-order valence-electron chi connectivity index (χ4n) is 3.69. The fourth-order valence-corrected chi connectivity index (χ4v) is 3.69. The second kappa shape index (κ2) is 6.34. The number of rotatable bonds is 4. The molecule has 5 heteroatoms. The van der Waals surface area contributed by atoms with Gasteiger partial charge in [-0.1, -0.05) is 12.8 Å². The van der Waals surface area contributed by atoms with Crippen molar-refractivity contribution in [1.82, 2.24) is 0 Å². The Bertz CT molecular complexity index is 530. The maximum atomic E-state index is 12.9. The lowest BCUT2D eigenvalue weighted by Gasteiger charge is -2.42. The van der Waals surface area contributed by atoms with Gasteiger partial charge < -0.3 is 14.2 Å². The molecule has 1 aromatic rings. The first-order chi connectivity index (χ1) is 10.7. The van der Waals surface area contributed by atoms with E-state index in [1.54, 1.807) is 0 Å². The van der Waals surface area contributed by atoms with Crippen LogP contribution in [0.1, 0.15) is 42.5 Å². The lowest BCUT2D eigenvalue weighted by molar-refractivity contribution is -0.227. The molecule has 0 aromatic heterocycles. The largest absolute Gasteiger partial charge is 0.429 e. The molecule has 1 aliphatic heterocycles. The molecule has 3 atom stereocenters. The number of hydrogen-bond acceptors (Lipinski definition) is 4. The number of carbonyl (C=O) groups excluding carboxylic acids is 1. The van der Waals surface area contributed by atoms with Crippen molar-refractivity contribution in [2.75, 3.05) is 13.7 Å². The van der Waals surface area contributed by atoms with Crippen molar-refractivity contribution in [2.24, 2.45) is 5.92 Å². The minimum Gasteiger partial charge on any atom is -0.429 e. The fraction of sp³-hybridized carbons (Fsp3) is 0.588. The van der Waals surface area contributed by atoms with E-state index >= 15 is 0 Å². The number of methoxy groups -OCH3 is 1. The normalized spacial score (nSPS) is 28.9. The smallest absolute Gasteiger partial charge is 0.340 e. The second-order valence-corrected chi connectivity index (χ2v) is 6.01. The third kappa shape index (κ3) is 2.75. The number of fused-ring (bicyclic) bond motifs is 1. The number of benzene rings is 1. The van der Waals surface area contributed by atoms with Crippen LogP contribution in [0.5, 0.6) is 0 Å². The zero-order valence-electron chi connectivity index (χ0n) is 12.7. The summed E-state index contributed by atoms with van der Waals surface area (Å²) in [6, 6.07) is 5.31. The highest BCUT2D eigenvalue weighted by Crippen LogP contribution is 2.46. The van der Waals surface area contributed by atoms with Crippen molar-refractivity contribution in [3.05, 3.63) is 35.6 Å². The van der Waals surface area contributed by atoms with Crippen molar-refractivity contribution in [3.63, 3.8) is 0 Å². The summed E-state index contributed by atoms with van der Waals surface area (Å²) in [5.41, 5.74) is -0.215. The number of halogens is 1. The van der Waals surface area contributed by atoms with E-state index in [1.807, 2.05) is 0 Å². The Kier molecular flexibility index (Phi) is 4.45. The molecule has 2 aliphatic rings. The lowest BCUT2D eigenvalue weighted by Crippen LogP contribution is -2.51. The Morgan fingerprint density at radius 1 is 1.32 bits per heavy atom. The average molecular weight is 308 g/mol. The third-order valence-corrected chi connectivity index (χ3v) is 4.81. The molecule has 1 aromatic carbocycles. The zero-order valence-corrected chi connectivity index (χ0v) is 12.7. The minimum atomic E-state index is -0.724. The van der Waals surface area contributed by atoms with Crippen molar-refractivity contribution in [1.29, 1.82) is 0 Å². The van der Waals surface area contributed by atoms with E-state index in [1.165, 1.54) is 37.8 Å². The van der Waals surface area contributed by atoms with E-state index in [4.69, 9.17) is 14.2 Å². The van der Waals surface area contributed by atoms with E-state index < -0.39 is 17.9 Å². The number of ether oxygens (including phenoxy) is 3. The van der Waals surface area contributed by atoms with Crippen molar-refractivity contribution >= 4 is 5.97 Å². The van der Waals surface area contributed by atoms with Gasteiger partial charge >= 0.3 is 5.97 Å². The van der Waals surface area contributed by atoms with Crippen LogP contribution in [0, 0.1) is 11.7 Å². The van der Waals surface area contributed by atoms with E-state index in [9.17, 15) is 9.18 Å². The Labute approximate surface area is 129 Å². The minimum absolute atomic E-state index is 0.310. The molecule has 0 N–H and O–H groups in total. The molecule has 0 bridgehead atoms. The Balaban J connectivity index is 1.76. The highest BCUT2D eigenvalue weighted by molar-refractivity contribution is 5.89. The molecular weight excluding hydrogens is 287 g/mol. The van der Waals surface area contributed by atoms with Gasteiger partial charge in [-0.25, -0.2) is 9.18 Å². The molecule has 1 heterocycles. The maximum absolute atomic E-state index is 12.9. The van der Waals surface area contributed by atoms with Crippen LogP contribution in [-0.2, 0) is 14.2 Å². The van der Waals surface area contributed by atoms with Gasteiger partial charge in [0.15, 0.2) is 0 Å². The van der Waals surface area contributed by atoms with Gasteiger partial charge in [-0.2, -0.15) is 0 Å². The quantitative estimate of drug-likeness (QED) is 0.632. The van der Waals surface area contributed by atoms with Crippen LogP contribution in [0.4, 0.5) is 4.39 Å². The monoisotopic (exact) mass is 308 g/mol. The standard InChI is InChI=1S/C17H21FO4/c1-20-16(17-10-3-2-4-13(17)9-11-21-17)22-15(19)12-5-7-14(18)8-6-12/h5-8,13,16H,2-4,9-11H2,1H3/t13-,16-,17+/m1/s1. The summed E-state index contributed by atoms with van der Waals surface area (Å²) in [7, 11) is 1.53. The summed E-state index contributed by atoms with van der Waals surface area (Å²) in [5.74, 6) is -0.529. The van der Waals surface area contributed by atoms with Crippen LogP contribution in [-0.4, -0.2) is 31.6 Å². The summed E-state index contributed by atoms with van der Waals surface area (Å²) in [6.07, 6.45) is 4.40. The molecule has 22 heavy (non-hydrogen) atoms. The third-order valence-electron chi connectivity index (χ3n) is 4.81. The van der Waals surface area contributed by atoms with Crippen molar-refractivity contribution < 1.29 is 23.4 Å². The van der Waals surface area contributed by atoms with E-state index in [0.29, 0.717) is 18.1 Å². The van der Waals surface area contributed by atoms with Gasteiger partial charge in [0.2, 0.25) is 6.29 Å². The lowest BCUT2D eigenvalue weighted by atomic mass is 9.75. The van der Waals surface area contributed by atoms with Crippen LogP contribution >= 0.6 is 0 Å². The van der Waals surface area contributed by atoms with Crippen LogP contribution in [0.15, 0.2) is 24.3 Å². The Morgan fingerprint density at radius 2 is 2.09 bits per heavy atom. The molecule has 4 nitrogen and oxygen atoms in total. The molecule has 1 saturated heterocycles.